The molecule has 1 aromatic heterocycles. The van der Waals surface area contributed by atoms with E-state index < -0.39 is 0 Å². The van der Waals surface area contributed by atoms with Gasteiger partial charge < -0.3 is 5.11 Å². The number of rotatable bonds is 1. The van der Waals surface area contributed by atoms with Crippen LogP contribution in [0.3, 0.4) is 0 Å². The van der Waals surface area contributed by atoms with Gasteiger partial charge in [-0.05, 0) is 24.6 Å². The van der Waals surface area contributed by atoms with E-state index in [1.54, 1.807) is 28.8 Å². The second-order valence-corrected chi connectivity index (χ2v) is 5.02. The Hall–Kier alpha value is -1.81. The van der Waals surface area contributed by atoms with E-state index in [0.717, 1.165) is 17.6 Å². The van der Waals surface area contributed by atoms with Gasteiger partial charge in [0.25, 0.3) is 5.56 Å². The largest absolute Gasteiger partial charge is 0.507 e. The van der Waals surface area contributed by atoms with Crippen LogP contribution in [-0.2, 0) is 6.54 Å². The minimum Gasteiger partial charge on any atom is -0.507 e. The highest BCUT2D eigenvalue weighted by Crippen LogP contribution is 2.15. The molecule has 0 spiro atoms. The number of nitrogens with zero attached hydrogens (tertiary/aromatic N) is 1. The third kappa shape index (κ3) is 1.70. The number of hydrogen-bond donors (Lipinski definition) is 1. The van der Waals surface area contributed by atoms with E-state index in [4.69, 9.17) is 0 Å². The molecule has 0 amide bonds. The molecule has 0 aliphatic carbocycles. The Bertz CT molecular complexity index is 740. The minimum absolute atomic E-state index is 0.0435. The van der Waals surface area contributed by atoms with E-state index in [1.165, 1.54) is 11.3 Å². The van der Waals surface area contributed by atoms with Crippen molar-refractivity contribution in [3.63, 3.8) is 0 Å². The lowest BCUT2D eigenvalue weighted by atomic mass is 10.2. The summed E-state index contributed by atoms with van der Waals surface area (Å²) in [4.78, 5) is 12.0. The van der Waals surface area contributed by atoms with Gasteiger partial charge in [-0.3, -0.25) is 9.36 Å². The SMILES string of the molecule is O=c1/c(=C/c2ccccc2O)sc2n1CCC=2. The standard InChI is InChI=1S/C13H11NO2S/c15-10-5-2-1-4-9(10)8-11-13(16)14-7-3-6-12(14)17-11/h1-2,4-6,8,15H,3,7H2/b11-8-. The highest BCUT2D eigenvalue weighted by Gasteiger charge is 2.08. The first-order valence-corrected chi connectivity index (χ1v) is 6.27. The Morgan fingerprint density at radius 3 is 2.94 bits per heavy atom. The number of thiazole rings is 1. The topological polar surface area (TPSA) is 42.2 Å². The van der Waals surface area contributed by atoms with Crippen LogP contribution in [-0.4, -0.2) is 9.67 Å². The summed E-state index contributed by atoms with van der Waals surface area (Å²) in [5.74, 6) is 0.203. The molecule has 0 atom stereocenters. The molecule has 0 saturated heterocycles. The fourth-order valence-corrected chi connectivity index (χ4v) is 3.06. The van der Waals surface area contributed by atoms with Crippen LogP contribution in [0.5, 0.6) is 5.75 Å². The van der Waals surface area contributed by atoms with E-state index in [1.807, 2.05) is 6.07 Å². The second-order valence-electron chi connectivity index (χ2n) is 3.96. The van der Waals surface area contributed by atoms with E-state index >= 15 is 0 Å². The summed E-state index contributed by atoms with van der Waals surface area (Å²) < 4.78 is 3.49. The fraction of sp³-hybridized carbons (Fsp3) is 0.154. The molecule has 86 valence electrons. The number of hydrogen-bond acceptors (Lipinski definition) is 3. The molecule has 1 aliphatic heterocycles. The summed E-state index contributed by atoms with van der Waals surface area (Å²) in [5.41, 5.74) is 0.729. The molecule has 0 fully saturated rings. The van der Waals surface area contributed by atoms with Gasteiger partial charge in [-0.15, -0.1) is 11.3 Å². The van der Waals surface area contributed by atoms with Gasteiger partial charge in [-0.1, -0.05) is 18.2 Å². The molecule has 3 rings (SSSR count). The van der Waals surface area contributed by atoms with Gasteiger partial charge in [0.2, 0.25) is 0 Å². The van der Waals surface area contributed by atoms with Gasteiger partial charge in [-0.25, -0.2) is 0 Å². The molecule has 3 nitrogen and oxygen atoms in total. The molecule has 1 aromatic carbocycles. The number of fused-ring (bicyclic) bond motifs is 1. The molecule has 0 unspecified atom stereocenters. The molecule has 2 heterocycles. The van der Waals surface area contributed by atoms with Gasteiger partial charge >= 0.3 is 0 Å². The Morgan fingerprint density at radius 1 is 1.35 bits per heavy atom. The zero-order valence-corrected chi connectivity index (χ0v) is 9.91. The van der Waals surface area contributed by atoms with Crippen molar-refractivity contribution in [3.8, 4) is 5.75 Å². The third-order valence-electron chi connectivity index (χ3n) is 2.83. The number of phenols is 1. The van der Waals surface area contributed by atoms with Crippen molar-refractivity contribution < 1.29 is 5.11 Å². The van der Waals surface area contributed by atoms with Crippen LogP contribution in [0, 0.1) is 0 Å². The van der Waals surface area contributed by atoms with Crippen molar-refractivity contribution in [2.75, 3.05) is 0 Å². The van der Waals surface area contributed by atoms with Crippen LogP contribution in [0.25, 0.3) is 12.2 Å². The van der Waals surface area contributed by atoms with E-state index in [0.29, 0.717) is 10.1 Å². The van der Waals surface area contributed by atoms with Gasteiger partial charge in [0.1, 0.15) is 5.75 Å². The number of benzene rings is 1. The zero-order valence-electron chi connectivity index (χ0n) is 9.09. The first-order chi connectivity index (χ1) is 8.25. The number of aromatic nitrogens is 1. The van der Waals surface area contributed by atoms with Crippen LogP contribution in [0.4, 0.5) is 0 Å². The van der Waals surface area contributed by atoms with Crippen molar-refractivity contribution in [1.29, 1.82) is 0 Å². The van der Waals surface area contributed by atoms with Gasteiger partial charge in [0, 0.05) is 12.1 Å². The fourth-order valence-electron chi connectivity index (χ4n) is 1.97. The minimum atomic E-state index is 0.0435. The molecule has 0 radical (unpaired) electrons. The summed E-state index contributed by atoms with van der Waals surface area (Å²) in [6.45, 7) is 0.777. The Kier molecular flexibility index (Phi) is 2.37. The lowest BCUT2D eigenvalue weighted by Gasteiger charge is -1.95. The monoisotopic (exact) mass is 245 g/mol. The molecule has 17 heavy (non-hydrogen) atoms. The van der Waals surface area contributed by atoms with Crippen molar-refractivity contribution in [3.05, 3.63) is 49.4 Å². The first-order valence-electron chi connectivity index (χ1n) is 5.45. The third-order valence-corrected chi connectivity index (χ3v) is 3.94. The molecule has 1 aliphatic rings. The molecule has 0 saturated carbocycles. The molecule has 0 bridgehead atoms. The predicted octanol–water partition coefficient (Wildman–Crippen LogP) is 0.628. The normalized spacial score (nSPS) is 14.7. The Morgan fingerprint density at radius 2 is 2.18 bits per heavy atom. The zero-order chi connectivity index (χ0) is 11.8. The van der Waals surface area contributed by atoms with Crippen LogP contribution < -0.4 is 14.8 Å². The van der Waals surface area contributed by atoms with Crippen molar-refractivity contribution in [2.24, 2.45) is 0 Å². The van der Waals surface area contributed by atoms with Crippen LogP contribution >= 0.6 is 11.3 Å². The second kappa shape index (κ2) is 3.89. The number of aromatic hydroxyl groups is 1. The maximum atomic E-state index is 12.0. The first kappa shape index (κ1) is 10.4. The predicted molar refractivity (Wildman–Crippen MR) is 68.6 cm³/mol. The summed E-state index contributed by atoms with van der Waals surface area (Å²) in [6, 6.07) is 7.03. The highest BCUT2D eigenvalue weighted by atomic mass is 32.1. The van der Waals surface area contributed by atoms with Gasteiger partial charge in [-0.2, -0.15) is 0 Å². The quantitative estimate of drug-likeness (QED) is 0.800. The smallest absolute Gasteiger partial charge is 0.269 e. The maximum Gasteiger partial charge on any atom is 0.269 e. The summed E-state index contributed by atoms with van der Waals surface area (Å²) in [6.07, 6.45) is 4.77. The number of para-hydroxylation sites is 1. The Balaban J connectivity index is 2.24. The number of phenolic OH excluding ortho intramolecular Hbond substituents is 1. The summed E-state index contributed by atoms with van der Waals surface area (Å²) >= 11 is 1.48. The van der Waals surface area contributed by atoms with E-state index in [9.17, 15) is 9.90 Å². The lowest BCUT2D eigenvalue weighted by molar-refractivity contribution is 0.474. The van der Waals surface area contributed by atoms with Crippen LogP contribution in [0.15, 0.2) is 29.1 Å². The van der Waals surface area contributed by atoms with Crippen molar-refractivity contribution in [1.82, 2.24) is 4.57 Å². The average Bonchev–Trinajstić information content (AvgIpc) is 2.87. The lowest BCUT2D eigenvalue weighted by Crippen LogP contribution is -2.29. The van der Waals surface area contributed by atoms with Crippen molar-refractivity contribution >= 4 is 23.5 Å². The molecule has 2 aromatic rings. The Labute approximate surface area is 102 Å². The van der Waals surface area contributed by atoms with Gasteiger partial charge in [0.15, 0.2) is 0 Å². The van der Waals surface area contributed by atoms with E-state index in [-0.39, 0.29) is 11.3 Å². The van der Waals surface area contributed by atoms with Crippen LogP contribution in [0.2, 0.25) is 0 Å². The molecular weight excluding hydrogens is 234 g/mol. The van der Waals surface area contributed by atoms with Gasteiger partial charge in [0.05, 0.1) is 9.20 Å². The van der Waals surface area contributed by atoms with E-state index in [2.05, 4.69) is 6.08 Å². The van der Waals surface area contributed by atoms with Crippen molar-refractivity contribution in [2.45, 2.75) is 13.0 Å². The maximum absolute atomic E-state index is 12.0. The molecular formula is C13H11NO2S. The van der Waals surface area contributed by atoms with Crippen LogP contribution in [0.1, 0.15) is 12.0 Å². The molecule has 1 N–H and O–H groups in total. The highest BCUT2D eigenvalue weighted by molar-refractivity contribution is 7.07. The molecule has 4 heteroatoms. The summed E-state index contributed by atoms with van der Waals surface area (Å²) in [7, 11) is 0. The average molecular weight is 245 g/mol. The summed E-state index contributed by atoms with van der Waals surface area (Å²) in [5, 5.41) is 9.67.